The maximum atomic E-state index is 13.5. The van der Waals surface area contributed by atoms with E-state index in [9.17, 15) is 14.7 Å². The Morgan fingerprint density at radius 1 is 1.00 bits per heavy atom. The molecule has 33 heavy (non-hydrogen) atoms. The maximum absolute atomic E-state index is 13.5. The van der Waals surface area contributed by atoms with Gasteiger partial charge in [-0.05, 0) is 35.7 Å². The SMILES string of the molecule is CCCc1ccc(C(=O)C[C@@]2(O)C(=O)N(Cc3ccc4c(c3)OCO4)c3ccccc32)cc1. The first-order valence-corrected chi connectivity index (χ1v) is 11.1. The molecule has 0 aliphatic carbocycles. The third-order valence-electron chi connectivity index (χ3n) is 6.25. The summed E-state index contributed by atoms with van der Waals surface area (Å²) in [5, 5.41) is 11.5. The minimum atomic E-state index is -1.91. The van der Waals surface area contributed by atoms with Crippen molar-refractivity contribution in [3.63, 3.8) is 0 Å². The molecule has 0 saturated heterocycles. The number of aliphatic hydroxyl groups is 1. The summed E-state index contributed by atoms with van der Waals surface area (Å²) >= 11 is 0. The number of ketones is 1. The van der Waals surface area contributed by atoms with Gasteiger partial charge in [0.05, 0.1) is 18.7 Å². The molecule has 168 valence electrons. The van der Waals surface area contributed by atoms with Crippen LogP contribution in [-0.4, -0.2) is 23.6 Å². The van der Waals surface area contributed by atoms with Crippen molar-refractivity contribution in [2.24, 2.45) is 0 Å². The van der Waals surface area contributed by atoms with Crippen LogP contribution < -0.4 is 14.4 Å². The number of anilines is 1. The van der Waals surface area contributed by atoms with Crippen molar-refractivity contribution in [3.8, 4) is 11.5 Å². The van der Waals surface area contributed by atoms with Crippen LogP contribution in [-0.2, 0) is 23.4 Å². The molecule has 5 rings (SSSR count). The Kier molecular flexibility index (Phi) is 5.38. The van der Waals surface area contributed by atoms with Gasteiger partial charge in [-0.2, -0.15) is 0 Å². The average Bonchev–Trinajstić information content (AvgIpc) is 3.37. The molecule has 1 atom stereocenters. The van der Waals surface area contributed by atoms with Crippen LogP contribution in [0.25, 0.3) is 0 Å². The van der Waals surface area contributed by atoms with E-state index in [2.05, 4.69) is 6.92 Å². The van der Waals surface area contributed by atoms with E-state index >= 15 is 0 Å². The molecule has 6 heteroatoms. The number of rotatable bonds is 7. The van der Waals surface area contributed by atoms with Crippen LogP contribution in [0.1, 0.15) is 46.8 Å². The Labute approximate surface area is 192 Å². The van der Waals surface area contributed by atoms with Gasteiger partial charge in [-0.1, -0.05) is 61.9 Å². The lowest BCUT2D eigenvalue weighted by Crippen LogP contribution is -2.41. The van der Waals surface area contributed by atoms with Gasteiger partial charge >= 0.3 is 0 Å². The van der Waals surface area contributed by atoms with Crippen LogP contribution in [0.2, 0.25) is 0 Å². The molecule has 2 aliphatic heterocycles. The molecule has 0 saturated carbocycles. The predicted molar refractivity (Wildman–Crippen MR) is 123 cm³/mol. The van der Waals surface area contributed by atoms with Crippen molar-refractivity contribution in [3.05, 3.63) is 89.0 Å². The number of Topliss-reactive ketones (excluding diaryl/α,β-unsaturated/α-hetero) is 1. The largest absolute Gasteiger partial charge is 0.454 e. The quantitative estimate of drug-likeness (QED) is 0.549. The van der Waals surface area contributed by atoms with Gasteiger partial charge in [0, 0.05) is 11.1 Å². The van der Waals surface area contributed by atoms with E-state index in [1.807, 2.05) is 36.4 Å². The second-order valence-corrected chi connectivity index (χ2v) is 8.50. The molecule has 2 heterocycles. The summed E-state index contributed by atoms with van der Waals surface area (Å²) in [5.74, 6) is 0.522. The van der Waals surface area contributed by atoms with Crippen molar-refractivity contribution in [2.45, 2.75) is 38.3 Å². The summed E-state index contributed by atoms with van der Waals surface area (Å²) in [6.07, 6.45) is 1.66. The molecule has 0 spiro atoms. The number of hydrogen-bond acceptors (Lipinski definition) is 5. The monoisotopic (exact) mass is 443 g/mol. The van der Waals surface area contributed by atoms with Gasteiger partial charge in [-0.3, -0.25) is 9.59 Å². The van der Waals surface area contributed by atoms with Crippen molar-refractivity contribution < 1.29 is 24.2 Å². The molecule has 0 radical (unpaired) electrons. The van der Waals surface area contributed by atoms with Gasteiger partial charge in [0.15, 0.2) is 22.9 Å². The third-order valence-corrected chi connectivity index (χ3v) is 6.25. The van der Waals surface area contributed by atoms with Crippen LogP contribution in [0.4, 0.5) is 5.69 Å². The summed E-state index contributed by atoms with van der Waals surface area (Å²) < 4.78 is 10.8. The second-order valence-electron chi connectivity index (χ2n) is 8.50. The lowest BCUT2D eigenvalue weighted by molar-refractivity contribution is -0.136. The van der Waals surface area contributed by atoms with Crippen molar-refractivity contribution in [1.29, 1.82) is 0 Å². The summed E-state index contributed by atoms with van der Waals surface area (Å²) in [6.45, 7) is 2.52. The summed E-state index contributed by atoms with van der Waals surface area (Å²) in [4.78, 5) is 28.1. The fraction of sp³-hybridized carbons (Fsp3) is 0.259. The average molecular weight is 443 g/mol. The summed E-state index contributed by atoms with van der Waals surface area (Å²) in [5.41, 5.74) is 1.63. The lowest BCUT2D eigenvalue weighted by Gasteiger charge is -2.23. The molecule has 0 bridgehead atoms. The lowest BCUT2D eigenvalue weighted by atomic mass is 9.88. The van der Waals surface area contributed by atoms with E-state index in [0.29, 0.717) is 28.3 Å². The number of carbonyl (C=O) groups is 2. The maximum Gasteiger partial charge on any atom is 0.264 e. The Morgan fingerprint density at radius 3 is 2.52 bits per heavy atom. The summed E-state index contributed by atoms with van der Waals surface area (Å²) in [7, 11) is 0. The number of hydrogen-bond donors (Lipinski definition) is 1. The van der Waals surface area contributed by atoms with E-state index in [-0.39, 0.29) is 25.5 Å². The number of amides is 1. The van der Waals surface area contributed by atoms with E-state index < -0.39 is 11.5 Å². The Bertz CT molecular complexity index is 1220. The fourth-order valence-electron chi connectivity index (χ4n) is 4.54. The zero-order chi connectivity index (χ0) is 23.0. The van der Waals surface area contributed by atoms with E-state index in [4.69, 9.17) is 9.47 Å². The van der Waals surface area contributed by atoms with Crippen molar-refractivity contribution >= 4 is 17.4 Å². The highest BCUT2D eigenvalue weighted by atomic mass is 16.7. The molecule has 3 aromatic carbocycles. The van der Waals surface area contributed by atoms with Crippen LogP contribution in [0.5, 0.6) is 11.5 Å². The van der Waals surface area contributed by atoms with Crippen LogP contribution in [0, 0.1) is 0 Å². The van der Waals surface area contributed by atoms with Gasteiger partial charge in [0.25, 0.3) is 5.91 Å². The number of aryl methyl sites for hydroxylation is 1. The molecule has 6 nitrogen and oxygen atoms in total. The molecule has 2 aliphatic rings. The highest BCUT2D eigenvalue weighted by molar-refractivity contribution is 6.10. The van der Waals surface area contributed by atoms with E-state index in [0.717, 1.165) is 24.0 Å². The van der Waals surface area contributed by atoms with Crippen LogP contribution in [0.15, 0.2) is 66.7 Å². The van der Waals surface area contributed by atoms with E-state index in [1.54, 1.807) is 30.3 Å². The summed E-state index contributed by atoms with van der Waals surface area (Å²) in [6, 6.07) is 20.0. The minimum Gasteiger partial charge on any atom is -0.454 e. The number of ether oxygens (including phenoxy) is 2. The van der Waals surface area contributed by atoms with Crippen LogP contribution >= 0.6 is 0 Å². The number of nitrogens with zero attached hydrogens (tertiary/aromatic N) is 1. The predicted octanol–water partition coefficient (Wildman–Crippen LogP) is 4.38. The highest BCUT2D eigenvalue weighted by Gasteiger charge is 2.50. The molecular formula is C27H25NO5. The number of carbonyl (C=O) groups excluding carboxylic acids is 2. The van der Waals surface area contributed by atoms with Gasteiger partial charge in [0.1, 0.15) is 0 Å². The molecule has 1 N–H and O–H groups in total. The van der Waals surface area contributed by atoms with Gasteiger partial charge in [-0.15, -0.1) is 0 Å². The Morgan fingerprint density at radius 2 is 1.73 bits per heavy atom. The molecule has 0 unspecified atom stereocenters. The Balaban J connectivity index is 1.42. The van der Waals surface area contributed by atoms with E-state index in [1.165, 1.54) is 4.90 Å². The van der Waals surface area contributed by atoms with Gasteiger partial charge < -0.3 is 19.5 Å². The fourth-order valence-corrected chi connectivity index (χ4v) is 4.54. The first-order valence-electron chi connectivity index (χ1n) is 11.1. The van der Waals surface area contributed by atoms with Gasteiger partial charge in [-0.25, -0.2) is 0 Å². The van der Waals surface area contributed by atoms with Crippen molar-refractivity contribution in [2.75, 3.05) is 11.7 Å². The van der Waals surface area contributed by atoms with Gasteiger partial charge in [0.2, 0.25) is 6.79 Å². The number of fused-ring (bicyclic) bond motifs is 2. The molecule has 3 aromatic rings. The normalized spacial score (nSPS) is 18.5. The first-order chi connectivity index (χ1) is 16.0. The molecular weight excluding hydrogens is 418 g/mol. The Hall–Kier alpha value is -3.64. The van der Waals surface area contributed by atoms with Crippen molar-refractivity contribution in [1.82, 2.24) is 0 Å². The minimum absolute atomic E-state index is 0.172. The molecule has 0 aromatic heterocycles. The zero-order valence-electron chi connectivity index (χ0n) is 18.4. The second kappa shape index (κ2) is 8.37. The smallest absolute Gasteiger partial charge is 0.264 e. The topological polar surface area (TPSA) is 76.1 Å². The standard InChI is InChI=1S/C27H25NO5/c1-2-5-18-8-11-20(12-9-18)23(29)15-27(31)21-6-3-4-7-22(21)28(26(27)30)16-19-10-13-24-25(14-19)33-17-32-24/h3-4,6-14,31H,2,5,15-17H2,1H3/t27-/m0/s1. The third kappa shape index (κ3) is 3.76. The number of para-hydroxylation sites is 1. The highest BCUT2D eigenvalue weighted by Crippen LogP contribution is 2.44. The molecule has 1 amide bonds. The zero-order valence-corrected chi connectivity index (χ0v) is 18.4. The van der Waals surface area contributed by atoms with Crippen LogP contribution in [0.3, 0.4) is 0 Å². The number of benzene rings is 3. The molecule has 0 fully saturated rings. The first kappa shape index (κ1) is 21.2.